The van der Waals surface area contributed by atoms with Crippen molar-refractivity contribution in [3.8, 4) is 10.6 Å². The molecule has 2 heterocycles. The molecule has 0 aliphatic carbocycles. The van der Waals surface area contributed by atoms with Crippen LogP contribution in [0.5, 0.6) is 0 Å². The highest BCUT2D eigenvalue weighted by molar-refractivity contribution is 7.15. The third-order valence-electron chi connectivity index (χ3n) is 2.36. The van der Waals surface area contributed by atoms with Crippen molar-refractivity contribution in [1.82, 2.24) is 10.2 Å². The van der Waals surface area contributed by atoms with Gasteiger partial charge in [-0.3, -0.25) is 9.89 Å². The summed E-state index contributed by atoms with van der Waals surface area (Å²) in [5.41, 5.74) is 0.933. The zero-order valence-electron chi connectivity index (χ0n) is 10.1. The standard InChI is InChI=1S/C12H15N3OS/c1-7(2)12(16)13-11-6-9(14-15-11)10-5-4-8(3)17-10/h4-7H,1-3H3,(H2,13,14,15,16). The Hall–Kier alpha value is -1.62. The molecule has 0 bridgehead atoms. The van der Waals surface area contributed by atoms with Gasteiger partial charge in [-0.25, -0.2) is 0 Å². The van der Waals surface area contributed by atoms with Crippen LogP contribution in [-0.4, -0.2) is 16.1 Å². The van der Waals surface area contributed by atoms with Crippen molar-refractivity contribution in [2.75, 3.05) is 5.32 Å². The average molecular weight is 249 g/mol. The summed E-state index contributed by atoms with van der Waals surface area (Å²) >= 11 is 1.70. The monoisotopic (exact) mass is 249 g/mol. The van der Waals surface area contributed by atoms with Crippen LogP contribution in [0.1, 0.15) is 18.7 Å². The van der Waals surface area contributed by atoms with Crippen LogP contribution < -0.4 is 5.32 Å². The Kier molecular flexibility index (Phi) is 3.28. The molecule has 2 aromatic rings. The quantitative estimate of drug-likeness (QED) is 0.878. The lowest BCUT2D eigenvalue weighted by Gasteiger charge is -2.02. The molecule has 2 N–H and O–H groups in total. The van der Waals surface area contributed by atoms with E-state index in [9.17, 15) is 4.79 Å². The van der Waals surface area contributed by atoms with Gasteiger partial charge in [0.25, 0.3) is 0 Å². The van der Waals surface area contributed by atoms with Gasteiger partial charge in [0.2, 0.25) is 5.91 Å². The van der Waals surface area contributed by atoms with Crippen molar-refractivity contribution in [1.29, 1.82) is 0 Å². The minimum Gasteiger partial charge on any atom is -0.309 e. The van der Waals surface area contributed by atoms with Crippen molar-refractivity contribution in [2.45, 2.75) is 20.8 Å². The largest absolute Gasteiger partial charge is 0.309 e. The Balaban J connectivity index is 2.14. The maximum absolute atomic E-state index is 11.5. The highest BCUT2D eigenvalue weighted by atomic mass is 32.1. The van der Waals surface area contributed by atoms with Crippen LogP contribution in [0.25, 0.3) is 10.6 Å². The van der Waals surface area contributed by atoms with Crippen LogP contribution in [0.4, 0.5) is 5.82 Å². The summed E-state index contributed by atoms with van der Waals surface area (Å²) in [7, 11) is 0. The van der Waals surface area contributed by atoms with Crippen LogP contribution in [-0.2, 0) is 4.79 Å². The highest BCUT2D eigenvalue weighted by Gasteiger charge is 2.10. The van der Waals surface area contributed by atoms with E-state index in [1.807, 2.05) is 26.0 Å². The first-order chi connectivity index (χ1) is 8.06. The van der Waals surface area contributed by atoms with Gasteiger partial charge in [-0.05, 0) is 19.1 Å². The fourth-order valence-electron chi connectivity index (χ4n) is 1.36. The molecule has 4 nitrogen and oxygen atoms in total. The van der Waals surface area contributed by atoms with Crippen LogP contribution in [0.15, 0.2) is 18.2 Å². The van der Waals surface area contributed by atoms with E-state index in [0.29, 0.717) is 5.82 Å². The van der Waals surface area contributed by atoms with Crippen molar-refractivity contribution in [3.05, 3.63) is 23.1 Å². The van der Waals surface area contributed by atoms with Gasteiger partial charge < -0.3 is 5.32 Å². The van der Waals surface area contributed by atoms with Crippen LogP contribution in [0.3, 0.4) is 0 Å². The molecule has 17 heavy (non-hydrogen) atoms. The first-order valence-corrected chi connectivity index (χ1v) is 6.31. The molecule has 5 heteroatoms. The molecule has 2 aromatic heterocycles. The molecule has 0 saturated carbocycles. The molecule has 0 unspecified atom stereocenters. The van der Waals surface area contributed by atoms with E-state index in [1.165, 1.54) is 4.88 Å². The summed E-state index contributed by atoms with van der Waals surface area (Å²) in [6, 6.07) is 5.96. The summed E-state index contributed by atoms with van der Waals surface area (Å²) in [4.78, 5) is 13.9. The molecule has 2 rings (SSSR count). The predicted octanol–water partition coefficient (Wildman–Crippen LogP) is 3.04. The molecule has 0 aliphatic heterocycles. The van der Waals surface area contributed by atoms with Crippen molar-refractivity contribution in [2.24, 2.45) is 5.92 Å². The zero-order chi connectivity index (χ0) is 12.4. The van der Waals surface area contributed by atoms with Crippen molar-refractivity contribution < 1.29 is 4.79 Å². The SMILES string of the molecule is Cc1ccc(-c2cc(NC(=O)C(C)C)n[nH]2)s1. The minimum absolute atomic E-state index is 0.0228. The number of nitrogens with zero attached hydrogens (tertiary/aromatic N) is 1. The predicted molar refractivity (Wildman–Crippen MR) is 70.1 cm³/mol. The molecule has 0 radical (unpaired) electrons. The number of nitrogens with one attached hydrogen (secondary N) is 2. The first-order valence-electron chi connectivity index (χ1n) is 5.49. The van der Waals surface area contributed by atoms with Gasteiger partial charge in [-0.15, -0.1) is 11.3 Å². The lowest BCUT2D eigenvalue weighted by molar-refractivity contribution is -0.118. The summed E-state index contributed by atoms with van der Waals surface area (Å²) in [5.74, 6) is 0.509. The Morgan fingerprint density at radius 2 is 2.24 bits per heavy atom. The van der Waals surface area contributed by atoms with E-state index in [1.54, 1.807) is 11.3 Å². The van der Waals surface area contributed by atoms with E-state index in [2.05, 4.69) is 28.5 Å². The van der Waals surface area contributed by atoms with E-state index in [4.69, 9.17) is 0 Å². The molecule has 0 aromatic carbocycles. The number of aromatic nitrogens is 2. The molecule has 0 spiro atoms. The molecule has 0 saturated heterocycles. The normalized spacial score (nSPS) is 10.8. The number of aromatic amines is 1. The number of anilines is 1. The first kappa shape index (κ1) is 11.9. The Morgan fingerprint density at radius 3 is 2.82 bits per heavy atom. The maximum atomic E-state index is 11.5. The number of thiophene rings is 1. The van der Waals surface area contributed by atoms with Crippen LogP contribution >= 0.6 is 11.3 Å². The number of rotatable bonds is 3. The second-order valence-electron chi connectivity index (χ2n) is 4.22. The topological polar surface area (TPSA) is 57.8 Å². The van der Waals surface area contributed by atoms with Crippen LogP contribution in [0, 0.1) is 12.8 Å². The highest BCUT2D eigenvalue weighted by Crippen LogP contribution is 2.27. The number of hydrogen-bond acceptors (Lipinski definition) is 3. The lowest BCUT2D eigenvalue weighted by Crippen LogP contribution is -2.17. The zero-order valence-corrected chi connectivity index (χ0v) is 10.9. The molecule has 0 atom stereocenters. The summed E-state index contributed by atoms with van der Waals surface area (Å²) < 4.78 is 0. The number of hydrogen-bond donors (Lipinski definition) is 2. The maximum Gasteiger partial charge on any atom is 0.228 e. The molecular formula is C12H15N3OS. The minimum atomic E-state index is -0.0425. The second-order valence-corrected chi connectivity index (χ2v) is 5.51. The van der Waals surface area contributed by atoms with E-state index in [-0.39, 0.29) is 11.8 Å². The van der Waals surface area contributed by atoms with E-state index >= 15 is 0 Å². The number of aryl methyl sites for hydroxylation is 1. The fourth-order valence-corrected chi connectivity index (χ4v) is 2.20. The third-order valence-corrected chi connectivity index (χ3v) is 3.39. The Morgan fingerprint density at radius 1 is 1.47 bits per heavy atom. The van der Waals surface area contributed by atoms with Gasteiger partial charge >= 0.3 is 0 Å². The number of H-pyrrole nitrogens is 1. The number of amides is 1. The van der Waals surface area contributed by atoms with Gasteiger partial charge in [0.05, 0.1) is 10.6 Å². The van der Waals surface area contributed by atoms with Crippen molar-refractivity contribution in [3.63, 3.8) is 0 Å². The Bertz CT molecular complexity index is 527. The average Bonchev–Trinajstić information content (AvgIpc) is 2.86. The number of carbonyl (C=O) groups is 1. The van der Waals surface area contributed by atoms with Crippen LogP contribution in [0.2, 0.25) is 0 Å². The van der Waals surface area contributed by atoms with E-state index < -0.39 is 0 Å². The van der Waals surface area contributed by atoms with E-state index in [0.717, 1.165) is 10.6 Å². The van der Waals surface area contributed by atoms with Crippen molar-refractivity contribution >= 4 is 23.1 Å². The molecule has 1 amide bonds. The second kappa shape index (κ2) is 4.71. The smallest absolute Gasteiger partial charge is 0.228 e. The van der Waals surface area contributed by atoms with Gasteiger partial charge in [0.15, 0.2) is 5.82 Å². The Labute approximate surface area is 104 Å². The molecule has 0 fully saturated rings. The molecule has 90 valence electrons. The molecule has 0 aliphatic rings. The van der Waals surface area contributed by atoms with Gasteiger partial charge in [0.1, 0.15) is 0 Å². The lowest BCUT2D eigenvalue weighted by atomic mass is 10.2. The summed E-state index contributed by atoms with van der Waals surface area (Å²) in [6.45, 7) is 5.77. The van der Waals surface area contributed by atoms with Gasteiger partial charge in [0, 0.05) is 16.9 Å². The van der Waals surface area contributed by atoms with Gasteiger partial charge in [-0.2, -0.15) is 5.10 Å². The summed E-state index contributed by atoms with van der Waals surface area (Å²) in [6.07, 6.45) is 0. The number of carbonyl (C=O) groups excluding carboxylic acids is 1. The molecular weight excluding hydrogens is 234 g/mol. The van der Waals surface area contributed by atoms with Gasteiger partial charge in [-0.1, -0.05) is 13.8 Å². The fraction of sp³-hybridized carbons (Fsp3) is 0.333. The summed E-state index contributed by atoms with van der Waals surface area (Å²) in [5, 5.41) is 9.76. The third kappa shape index (κ3) is 2.74.